The van der Waals surface area contributed by atoms with Gasteiger partial charge in [0, 0.05) is 11.0 Å². The summed E-state index contributed by atoms with van der Waals surface area (Å²) >= 11 is 9.27. The average molecular weight is 410 g/mol. The third-order valence-electron chi connectivity index (χ3n) is 4.00. The van der Waals surface area contributed by atoms with Gasteiger partial charge in [-0.05, 0) is 63.0 Å². The summed E-state index contributed by atoms with van der Waals surface area (Å²) in [6.45, 7) is 5.89. The van der Waals surface area contributed by atoms with E-state index in [0.717, 1.165) is 36.4 Å². The maximum Gasteiger partial charge on any atom is 0.242 e. The Morgan fingerprint density at radius 1 is 1.36 bits per heavy atom. The highest BCUT2D eigenvalue weighted by atomic mass is 79.9. The summed E-state index contributed by atoms with van der Waals surface area (Å²) in [6.07, 6.45) is 3.28. The van der Waals surface area contributed by atoms with Crippen molar-refractivity contribution in [2.45, 2.75) is 31.1 Å². The van der Waals surface area contributed by atoms with Crippen molar-refractivity contribution in [3.63, 3.8) is 0 Å². The highest BCUT2D eigenvalue weighted by Crippen LogP contribution is 2.25. The summed E-state index contributed by atoms with van der Waals surface area (Å²) in [5, 5.41) is 0.229. The number of nitrogens with zero attached hydrogens (tertiary/aromatic N) is 1. The van der Waals surface area contributed by atoms with Crippen molar-refractivity contribution in [3.8, 4) is 0 Å². The van der Waals surface area contributed by atoms with Crippen LogP contribution in [0.2, 0.25) is 5.02 Å². The molecule has 0 amide bonds. The number of likely N-dealkylation sites (tertiary alicyclic amines) is 1. The Morgan fingerprint density at radius 3 is 2.68 bits per heavy atom. The topological polar surface area (TPSA) is 49.4 Å². The SMILES string of the molecule is CC1CCN(CCCNS(=O)(=O)c2ccc(Br)cc2Cl)CC1. The molecular weight excluding hydrogens is 388 g/mol. The van der Waals surface area contributed by atoms with Gasteiger partial charge in [0.1, 0.15) is 4.90 Å². The Bertz CT molecular complexity index is 602. The van der Waals surface area contributed by atoms with E-state index < -0.39 is 10.0 Å². The summed E-state index contributed by atoms with van der Waals surface area (Å²) < 4.78 is 27.9. The zero-order valence-corrected chi connectivity index (χ0v) is 15.8. The van der Waals surface area contributed by atoms with E-state index in [9.17, 15) is 8.42 Å². The maximum atomic E-state index is 12.2. The van der Waals surface area contributed by atoms with Crippen LogP contribution in [0.15, 0.2) is 27.6 Å². The van der Waals surface area contributed by atoms with Gasteiger partial charge in [-0.3, -0.25) is 0 Å². The van der Waals surface area contributed by atoms with Crippen LogP contribution in [0.3, 0.4) is 0 Å². The van der Waals surface area contributed by atoms with Gasteiger partial charge in [-0.2, -0.15) is 0 Å². The molecule has 0 aromatic heterocycles. The normalized spacial score (nSPS) is 17.8. The van der Waals surface area contributed by atoms with Gasteiger partial charge in [-0.1, -0.05) is 34.5 Å². The second kappa shape index (κ2) is 8.11. The molecule has 124 valence electrons. The molecule has 1 heterocycles. The minimum Gasteiger partial charge on any atom is -0.303 e. The minimum absolute atomic E-state index is 0.129. The molecule has 0 spiro atoms. The van der Waals surface area contributed by atoms with Crippen LogP contribution in [0.1, 0.15) is 26.2 Å². The molecule has 1 saturated heterocycles. The number of sulfonamides is 1. The summed E-state index contributed by atoms with van der Waals surface area (Å²) in [5.74, 6) is 0.814. The smallest absolute Gasteiger partial charge is 0.242 e. The van der Waals surface area contributed by atoms with Crippen LogP contribution in [0.5, 0.6) is 0 Å². The Morgan fingerprint density at radius 2 is 2.05 bits per heavy atom. The van der Waals surface area contributed by atoms with Gasteiger partial charge in [0.05, 0.1) is 5.02 Å². The molecule has 7 heteroatoms. The number of hydrogen-bond donors (Lipinski definition) is 1. The largest absolute Gasteiger partial charge is 0.303 e. The summed E-state index contributed by atoms with van der Waals surface area (Å²) in [4.78, 5) is 2.53. The maximum absolute atomic E-state index is 12.2. The Kier molecular flexibility index (Phi) is 6.71. The van der Waals surface area contributed by atoms with Crippen molar-refractivity contribution in [3.05, 3.63) is 27.7 Å². The van der Waals surface area contributed by atoms with E-state index >= 15 is 0 Å². The minimum atomic E-state index is -3.54. The Hall–Kier alpha value is -0.140. The van der Waals surface area contributed by atoms with E-state index in [1.807, 2.05) is 0 Å². The van der Waals surface area contributed by atoms with Crippen molar-refractivity contribution >= 4 is 37.6 Å². The molecule has 0 aliphatic carbocycles. The molecule has 1 aliphatic rings. The number of hydrogen-bond acceptors (Lipinski definition) is 3. The molecule has 1 aromatic rings. The zero-order valence-electron chi connectivity index (χ0n) is 12.7. The summed E-state index contributed by atoms with van der Waals surface area (Å²) in [5.41, 5.74) is 0. The molecule has 2 rings (SSSR count). The Balaban J connectivity index is 1.80. The lowest BCUT2D eigenvalue weighted by atomic mass is 9.99. The second-order valence-corrected chi connectivity index (χ2v) is 8.91. The number of piperidine rings is 1. The standard InChI is InChI=1S/C15H22BrClN2O2S/c1-12-5-9-19(10-6-12)8-2-7-18-22(20,21)15-4-3-13(16)11-14(15)17/h3-4,11-12,18H,2,5-10H2,1H3. The molecule has 22 heavy (non-hydrogen) atoms. The summed E-state index contributed by atoms with van der Waals surface area (Å²) in [7, 11) is -3.54. The van der Waals surface area contributed by atoms with Crippen LogP contribution in [-0.4, -0.2) is 39.5 Å². The van der Waals surface area contributed by atoms with Crippen LogP contribution in [0.25, 0.3) is 0 Å². The second-order valence-electron chi connectivity index (χ2n) is 5.85. The molecule has 4 nitrogen and oxygen atoms in total. The monoisotopic (exact) mass is 408 g/mol. The fourth-order valence-electron chi connectivity index (χ4n) is 2.57. The van der Waals surface area contributed by atoms with Gasteiger partial charge in [0.15, 0.2) is 0 Å². The number of nitrogens with one attached hydrogen (secondary N) is 1. The van der Waals surface area contributed by atoms with Crippen molar-refractivity contribution < 1.29 is 8.42 Å². The zero-order chi connectivity index (χ0) is 16.2. The molecule has 0 bridgehead atoms. The third-order valence-corrected chi connectivity index (χ3v) is 6.44. The quantitative estimate of drug-likeness (QED) is 0.732. The van der Waals surface area contributed by atoms with Crippen molar-refractivity contribution in [1.82, 2.24) is 9.62 Å². The van der Waals surface area contributed by atoms with Gasteiger partial charge in [0.2, 0.25) is 10.0 Å². The van der Waals surface area contributed by atoms with Crippen LogP contribution in [0.4, 0.5) is 0 Å². The molecule has 1 aromatic carbocycles. The van der Waals surface area contributed by atoms with Crippen molar-refractivity contribution in [2.24, 2.45) is 5.92 Å². The van der Waals surface area contributed by atoms with E-state index in [1.54, 1.807) is 12.1 Å². The van der Waals surface area contributed by atoms with E-state index in [1.165, 1.54) is 18.9 Å². The molecule has 1 aliphatic heterocycles. The molecule has 0 radical (unpaired) electrons. The summed E-state index contributed by atoms with van der Waals surface area (Å²) in [6, 6.07) is 4.78. The fourth-order valence-corrected chi connectivity index (χ4v) is 4.68. The molecular formula is C15H22BrClN2O2S. The highest BCUT2D eigenvalue weighted by molar-refractivity contribution is 9.10. The average Bonchev–Trinajstić information content (AvgIpc) is 2.45. The molecule has 1 N–H and O–H groups in total. The molecule has 1 fully saturated rings. The lowest BCUT2D eigenvalue weighted by Gasteiger charge is -2.30. The molecule has 0 atom stereocenters. The number of rotatable bonds is 6. The van der Waals surface area contributed by atoms with Gasteiger partial charge in [0.25, 0.3) is 0 Å². The van der Waals surface area contributed by atoms with Gasteiger partial charge < -0.3 is 4.90 Å². The molecule has 0 unspecified atom stereocenters. The van der Waals surface area contributed by atoms with Gasteiger partial charge in [-0.25, -0.2) is 13.1 Å². The first-order chi connectivity index (χ1) is 10.4. The van der Waals surface area contributed by atoms with Crippen LogP contribution >= 0.6 is 27.5 Å². The lowest BCUT2D eigenvalue weighted by Crippen LogP contribution is -2.35. The predicted molar refractivity (Wildman–Crippen MR) is 93.8 cm³/mol. The van der Waals surface area contributed by atoms with Gasteiger partial charge in [-0.15, -0.1) is 0 Å². The van der Waals surface area contributed by atoms with Crippen LogP contribution in [0, 0.1) is 5.92 Å². The van der Waals surface area contributed by atoms with Crippen LogP contribution < -0.4 is 4.72 Å². The van der Waals surface area contributed by atoms with E-state index in [2.05, 4.69) is 32.5 Å². The first kappa shape index (κ1) is 18.2. The predicted octanol–water partition coefficient (Wildman–Crippen LogP) is 3.50. The Labute approximate surface area is 146 Å². The van der Waals surface area contributed by atoms with Gasteiger partial charge >= 0.3 is 0 Å². The van der Waals surface area contributed by atoms with Crippen molar-refractivity contribution in [1.29, 1.82) is 0 Å². The first-order valence-electron chi connectivity index (χ1n) is 7.55. The third kappa shape index (κ3) is 5.20. The van der Waals surface area contributed by atoms with E-state index in [0.29, 0.717) is 6.54 Å². The lowest BCUT2D eigenvalue weighted by molar-refractivity contribution is 0.191. The van der Waals surface area contributed by atoms with Crippen molar-refractivity contribution in [2.75, 3.05) is 26.2 Å². The number of halogens is 2. The number of benzene rings is 1. The molecule has 0 saturated carbocycles. The van der Waals surface area contributed by atoms with E-state index in [4.69, 9.17) is 11.6 Å². The first-order valence-corrected chi connectivity index (χ1v) is 10.2. The van der Waals surface area contributed by atoms with E-state index in [-0.39, 0.29) is 9.92 Å². The van der Waals surface area contributed by atoms with Crippen LogP contribution in [-0.2, 0) is 10.0 Å². The highest BCUT2D eigenvalue weighted by Gasteiger charge is 2.18. The fraction of sp³-hybridized carbons (Fsp3) is 0.600.